The smallest absolute Gasteiger partial charge is 0.224 e. The van der Waals surface area contributed by atoms with Crippen LogP contribution in [0, 0.1) is 6.92 Å². The molecule has 5 heteroatoms. The SMILES string of the molecule is COCCNCCNC(=O)Cc1coc2cc(C)c(C(C)C)cc12. The van der Waals surface area contributed by atoms with E-state index >= 15 is 0 Å². The van der Waals surface area contributed by atoms with Gasteiger partial charge in [0.25, 0.3) is 0 Å². The standard InChI is InChI=1S/C19H28N2O3/c1-13(2)16-11-17-15(12-24-18(17)9-14(16)3)10-19(22)21-6-5-20-7-8-23-4/h9,11-13,20H,5-8,10H2,1-4H3,(H,21,22). The molecule has 0 fully saturated rings. The maximum absolute atomic E-state index is 12.1. The first-order valence-corrected chi connectivity index (χ1v) is 8.50. The van der Waals surface area contributed by atoms with Gasteiger partial charge in [0.2, 0.25) is 5.91 Å². The highest BCUT2D eigenvalue weighted by atomic mass is 16.5. The van der Waals surface area contributed by atoms with Gasteiger partial charge in [-0.25, -0.2) is 0 Å². The van der Waals surface area contributed by atoms with Crippen LogP contribution in [0.4, 0.5) is 0 Å². The summed E-state index contributed by atoms with van der Waals surface area (Å²) < 4.78 is 10.6. The molecule has 0 aliphatic carbocycles. The number of carbonyl (C=O) groups is 1. The Morgan fingerprint density at radius 2 is 2.04 bits per heavy atom. The van der Waals surface area contributed by atoms with E-state index in [1.807, 2.05) is 0 Å². The van der Waals surface area contributed by atoms with E-state index < -0.39 is 0 Å². The summed E-state index contributed by atoms with van der Waals surface area (Å²) in [4.78, 5) is 12.1. The van der Waals surface area contributed by atoms with Crippen LogP contribution >= 0.6 is 0 Å². The van der Waals surface area contributed by atoms with Crippen molar-refractivity contribution >= 4 is 16.9 Å². The molecule has 0 aliphatic heterocycles. The predicted octanol–water partition coefficient (Wildman–Crippen LogP) is 2.76. The average molecular weight is 332 g/mol. The molecule has 24 heavy (non-hydrogen) atoms. The van der Waals surface area contributed by atoms with Crippen LogP contribution < -0.4 is 10.6 Å². The third kappa shape index (κ3) is 4.82. The fraction of sp³-hybridized carbons (Fsp3) is 0.526. The van der Waals surface area contributed by atoms with Crippen molar-refractivity contribution in [3.63, 3.8) is 0 Å². The third-order valence-corrected chi connectivity index (χ3v) is 4.12. The Bertz CT molecular complexity index is 677. The van der Waals surface area contributed by atoms with Gasteiger partial charge in [-0.15, -0.1) is 0 Å². The molecule has 2 rings (SSSR count). The van der Waals surface area contributed by atoms with Gasteiger partial charge in [-0.3, -0.25) is 4.79 Å². The van der Waals surface area contributed by atoms with Crippen LogP contribution in [0.1, 0.15) is 36.5 Å². The number of fused-ring (bicyclic) bond motifs is 1. The number of amides is 1. The number of carbonyl (C=O) groups excluding carboxylic acids is 1. The normalized spacial score (nSPS) is 11.4. The highest BCUT2D eigenvalue weighted by Gasteiger charge is 2.13. The van der Waals surface area contributed by atoms with E-state index in [0.29, 0.717) is 25.5 Å². The lowest BCUT2D eigenvalue weighted by atomic mass is 9.95. The van der Waals surface area contributed by atoms with Gasteiger partial charge in [0, 0.05) is 37.7 Å². The monoisotopic (exact) mass is 332 g/mol. The summed E-state index contributed by atoms with van der Waals surface area (Å²) in [5, 5.41) is 7.16. The Hall–Kier alpha value is -1.85. The number of aryl methyl sites for hydroxylation is 1. The van der Waals surface area contributed by atoms with Crippen molar-refractivity contribution in [1.82, 2.24) is 10.6 Å². The number of nitrogens with one attached hydrogen (secondary N) is 2. The first kappa shape index (κ1) is 18.5. The molecule has 0 saturated heterocycles. The quantitative estimate of drug-likeness (QED) is 0.693. The highest BCUT2D eigenvalue weighted by molar-refractivity contribution is 5.88. The lowest BCUT2D eigenvalue weighted by molar-refractivity contribution is -0.120. The van der Waals surface area contributed by atoms with Gasteiger partial charge in [0.1, 0.15) is 5.58 Å². The first-order valence-electron chi connectivity index (χ1n) is 8.50. The molecular weight excluding hydrogens is 304 g/mol. The van der Waals surface area contributed by atoms with Crippen molar-refractivity contribution in [1.29, 1.82) is 0 Å². The molecule has 1 aromatic heterocycles. The molecule has 0 radical (unpaired) electrons. The largest absolute Gasteiger partial charge is 0.464 e. The van der Waals surface area contributed by atoms with E-state index in [1.54, 1.807) is 13.4 Å². The van der Waals surface area contributed by atoms with Gasteiger partial charge in [-0.05, 0) is 36.1 Å². The number of methoxy groups -OCH3 is 1. The van der Waals surface area contributed by atoms with E-state index in [1.165, 1.54) is 11.1 Å². The fourth-order valence-corrected chi connectivity index (χ4v) is 2.83. The van der Waals surface area contributed by atoms with Gasteiger partial charge >= 0.3 is 0 Å². The minimum absolute atomic E-state index is 0.0120. The summed E-state index contributed by atoms with van der Waals surface area (Å²) in [5.41, 5.74) is 4.32. The van der Waals surface area contributed by atoms with E-state index in [0.717, 1.165) is 29.6 Å². The summed E-state index contributed by atoms with van der Waals surface area (Å²) >= 11 is 0. The van der Waals surface area contributed by atoms with Crippen LogP contribution in [0.5, 0.6) is 0 Å². The molecule has 0 bridgehead atoms. The van der Waals surface area contributed by atoms with Crippen LogP contribution in [-0.4, -0.2) is 39.3 Å². The Balaban J connectivity index is 1.94. The van der Waals surface area contributed by atoms with Gasteiger partial charge in [-0.2, -0.15) is 0 Å². The molecule has 1 heterocycles. The lowest BCUT2D eigenvalue weighted by Crippen LogP contribution is -2.33. The fourth-order valence-electron chi connectivity index (χ4n) is 2.83. The molecule has 1 amide bonds. The molecule has 0 aliphatic rings. The Labute approximate surface area is 143 Å². The predicted molar refractivity (Wildman–Crippen MR) is 96.5 cm³/mol. The number of hydrogen-bond acceptors (Lipinski definition) is 4. The van der Waals surface area contributed by atoms with Gasteiger partial charge in [0.05, 0.1) is 19.3 Å². The molecule has 132 valence electrons. The number of rotatable bonds is 9. The average Bonchev–Trinajstić information content (AvgIpc) is 2.91. The van der Waals surface area contributed by atoms with E-state index in [-0.39, 0.29) is 5.91 Å². The topological polar surface area (TPSA) is 63.5 Å². The Kier molecular flexibility index (Phi) is 6.82. The number of benzene rings is 1. The van der Waals surface area contributed by atoms with E-state index in [2.05, 4.69) is 43.5 Å². The van der Waals surface area contributed by atoms with Crippen LogP contribution in [0.15, 0.2) is 22.8 Å². The molecule has 1 aromatic carbocycles. The van der Waals surface area contributed by atoms with Crippen molar-refractivity contribution in [2.75, 3.05) is 33.4 Å². The molecule has 0 unspecified atom stereocenters. The van der Waals surface area contributed by atoms with Crippen molar-refractivity contribution in [3.05, 3.63) is 35.1 Å². The Morgan fingerprint density at radius 1 is 1.25 bits per heavy atom. The second kappa shape index (κ2) is 8.85. The van der Waals surface area contributed by atoms with Gasteiger partial charge in [0.15, 0.2) is 0 Å². The molecule has 2 N–H and O–H groups in total. The van der Waals surface area contributed by atoms with Crippen LogP contribution in [0.2, 0.25) is 0 Å². The van der Waals surface area contributed by atoms with Crippen molar-refractivity contribution < 1.29 is 13.9 Å². The molecule has 2 aromatic rings. The van der Waals surface area contributed by atoms with Gasteiger partial charge in [-0.1, -0.05) is 13.8 Å². The molecular formula is C19H28N2O3. The summed E-state index contributed by atoms with van der Waals surface area (Å²) in [5.74, 6) is 0.460. The van der Waals surface area contributed by atoms with Crippen molar-refractivity contribution in [2.45, 2.75) is 33.1 Å². The summed E-state index contributed by atoms with van der Waals surface area (Å²) in [7, 11) is 1.67. The maximum atomic E-state index is 12.1. The maximum Gasteiger partial charge on any atom is 0.224 e. The number of hydrogen-bond donors (Lipinski definition) is 2. The first-order chi connectivity index (χ1) is 11.5. The summed E-state index contributed by atoms with van der Waals surface area (Å²) in [6.07, 6.45) is 2.04. The van der Waals surface area contributed by atoms with Crippen LogP contribution in [-0.2, 0) is 16.0 Å². The zero-order chi connectivity index (χ0) is 17.5. The summed E-state index contributed by atoms with van der Waals surface area (Å²) in [6.45, 7) is 9.25. The Morgan fingerprint density at radius 3 is 2.75 bits per heavy atom. The minimum Gasteiger partial charge on any atom is -0.464 e. The van der Waals surface area contributed by atoms with E-state index in [4.69, 9.17) is 9.15 Å². The van der Waals surface area contributed by atoms with Crippen LogP contribution in [0.3, 0.4) is 0 Å². The van der Waals surface area contributed by atoms with E-state index in [9.17, 15) is 4.79 Å². The summed E-state index contributed by atoms with van der Waals surface area (Å²) in [6, 6.07) is 4.22. The molecule has 0 atom stereocenters. The lowest BCUT2D eigenvalue weighted by Gasteiger charge is -2.10. The zero-order valence-corrected chi connectivity index (χ0v) is 15.1. The molecule has 5 nitrogen and oxygen atoms in total. The number of ether oxygens (including phenoxy) is 1. The van der Waals surface area contributed by atoms with Crippen molar-refractivity contribution in [2.24, 2.45) is 0 Å². The zero-order valence-electron chi connectivity index (χ0n) is 15.1. The third-order valence-electron chi connectivity index (χ3n) is 4.12. The second-order valence-corrected chi connectivity index (χ2v) is 6.39. The number of furan rings is 1. The highest BCUT2D eigenvalue weighted by Crippen LogP contribution is 2.29. The van der Waals surface area contributed by atoms with Gasteiger partial charge < -0.3 is 19.8 Å². The second-order valence-electron chi connectivity index (χ2n) is 6.39. The molecule has 0 saturated carbocycles. The minimum atomic E-state index is 0.0120. The van der Waals surface area contributed by atoms with Crippen LogP contribution in [0.25, 0.3) is 11.0 Å². The molecule has 0 spiro atoms. The van der Waals surface area contributed by atoms with Crippen molar-refractivity contribution in [3.8, 4) is 0 Å².